The summed E-state index contributed by atoms with van der Waals surface area (Å²) >= 11 is 0. The SMILES string of the molecule is CC(CNC(=O)C1CC(=O)N(c2ccc3c(c2)OCCO3)C1)CN1CCCC1. The summed E-state index contributed by atoms with van der Waals surface area (Å²) in [7, 11) is 0. The van der Waals surface area contributed by atoms with Crippen molar-refractivity contribution in [3.63, 3.8) is 0 Å². The number of rotatable bonds is 6. The Bertz CT molecular complexity index is 732. The first-order valence-electron chi connectivity index (χ1n) is 10.3. The van der Waals surface area contributed by atoms with Gasteiger partial charge in [0, 0.05) is 37.8 Å². The molecule has 152 valence electrons. The maximum absolute atomic E-state index is 12.6. The van der Waals surface area contributed by atoms with Gasteiger partial charge in [-0.3, -0.25) is 9.59 Å². The average molecular weight is 387 g/mol. The van der Waals surface area contributed by atoms with Crippen molar-refractivity contribution in [2.24, 2.45) is 11.8 Å². The van der Waals surface area contributed by atoms with Crippen LogP contribution in [0.25, 0.3) is 0 Å². The second-order valence-corrected chi connectivity index (χ2v) is 8.09. The van der Waals surface area contributed by atoms with Crippen molar-refractivity contribution in [2.45, 2.75) is 26.2 Å². The number of hydrogen-bond acceptors (Lipinski definition) is 5. The van der Waals surface area contributed by atoms with E-state index in [9.17, 15) is 9.59 Å². The first kappa shape index (κ1) is 19.1. The zero-order valence-electron chi connectivity index (χ0n) is 16.5. The zero-order chi connectivity index (χ0) is 19.5. The molecule has 4 rings (SSSR count). The molecule has 7 heteroatoms. The van der Waals surface area contributed by atoms with Crippen LogP contribution < -0.4 is 19.7 Å². The molecule has 28 heavy (non-hydrogen) atoms. The lowest BCUT2D eigenvalue weighted by Crippen LogP contribution is -2.38. The summed E-state index contributed by atoms with van der Waals surface area (Å²) in [5, 5.41) is 3.05. The molecule has 2 unspecified atom stereocenters. The number of hydrogen-bond donors (Lipinski definition) is 1. The number of carbonyl (C=O) groups is 2. The van der Waals surface area contributed by atoms with Gasteiger partial charge in [-0.1, -0.05) is 6.92 Å². The molecule has 1 aromatic rings. The van der Waals surface area contributed by atoms with E-state index >= 15 is 0 Å². The Kier molecular flexibility index (Phi) is 5.71. The fourth-order valence-corrected chi connectivity index (χ4v) is 4.22. The van der Waals surface area contributed by atoms with Gasteiger partial charge >= 0.3 is 0 Å². The summed E-state index contributed by atoms with van der Waals surface area (Å²) in [6, 6.07) is 5.50. The second kappa shape index (κ2) is 8.39. The normalized spacial score (nSPS) is 23.1. The molecule has 3 aliphatic rings. The Hall–Kier alpha value is -2.28. The van der Waals surface area contributed by atoms with Crippen LogP contribution in [0.2, 0.25) is 0 Å². The quantitative estimate of drug-likeness (QED) is 0.804. The third-order valence-electron chi connectivity index (χ3n) is 5.73. The van der Waals surface area contributed by atoms with Crippen molar-refractivity contribution in [3.8, 4) is 11.5 Å². The average Bonchev–Trinajstić information content (AvgIpc) is 3.35. The third-order valence-corrected chi connectivity index (χ3v) is 5.73. The van der Waals surface area contributed by atoms with Gasteiger partial charge in [0.05, 0.1) is 5.92 Å². The number of likely N-dealkylation sites (tertiary alicyclic amines) is 1. The van der Waals surface area contributed by atoms with Crippen molar-refractivity contribution in [3.05, 3.63) is 18.2 Å². The summed E-state index contributed by atoms with van der Waals surface area (Å²) in [5.74, 6) is 1.40. The molecule has 2 fully saturated rings. The number of ether oxygens (including phenoxy) is 2. The van der Waals surface area contributed by atoms with Gasteiger partial charge in [-0.05, 0) is 44.0 Å². The Morgan fingerprint density at radius 1 is 1.21 bits per heavy atom. The van der Waals surface area contributed by atoms with Gasteiger partial charge < -0.3 is 24.6 Å². The molecule has 0 bridgehead atoms. The van der Waals surface area contributed by atoms with Crippen LogP contribution >= 0.6 is 0 Å². The molecule has 0 aliphatic carbocycles. The predicted octanol–water partition coefficient (Wildman–Crippen LogP) is 1.66. The first-order valence-corrected chi connectivity index (χ1v) is 10.3. The van der Waals surface area contributed by atoms with Crippen LogP contribution in [0.5, 0.6) is 11.5 Å². The van der Waals surface area contributed by atoms with E-state index in [1.54, 1.807) is 4.90 Å². The maximum Gasteiger partial charge on any atom is 0.227 e. The minimum Gasteiger partial charge on any atom is -0.486 e. The highest BCUT2D eigenvalue weighted by molar-refractivity contribution is 6.00. The lowest BCUT2D eigenvalue weighted by Gasteiger charge is -2.22. The highest BCUT2D eigenvalue weighted by Gasteiger charge is 2.35. The molecule has 0 spiro atoms. The number of carbonyl (C=O) groups excluding carboxylic acids is 2. The molecule has 2 atom stereocenters. The number of nitrogens with zero attached hydrogens (tertiary/aromatic N) is 2. The standard InChI is InChI=1S/C21H29N3O4/c1-15(13-23-6-2-3-7-23)12-22-21(26)16-10-20(25)24(14-16)17-4-5-18-19(11-17)28-9-8-27-18/h4-5,11,15-16H,2-3,6-10,12-14H2,1H3,(H,22,26). The fourth-order valence-electron chi connectivity index (χ4n) is 4.22. The topological polar surface area (TPSA) is 71.1 Å². The molecule has 0 radical (unpaired) electrons. The van der Waals surface area contributed by atoms with Crippen molar-refractivity contribution < 1.29 is 19.1 Å². The molecular formula is C21H29N3O4. The smallest absolute Gasteiger partial charge is 0.227 e. The molecule has 3 aliphatic heterocycles. The highest BCUT2D eigenvalue weighted by atomic mass is 16.6. The minimum absolute atomic E-state index is 0.0260. The number of benzene rings is 1. The molecule has 0 saturated carbocycles. The van der Waals surface area contributed by atoms with Crippen LogP contribution in [0.3, 0.4) is 0 Å². The Morgan fingerprint density at radius 3 is 2.75 bits per heavy atom. The molecule has 1 N–H and O–H groups in total. The van der Waals surface area contributed by atoms with E-state index in [4.69, 9.17) is 9.47 Å². The molecule has 2 amide bonds. The molecule has 2 saturated heterocycles. The van der Waals surface area contributed by atoms with Gasteiger partial charge in [-0.2, -0.15) is 0 Å². The lowest BCUT2D eigenvalue weighted by molar-refractivity contribution is -0.126. The molecule has 1 aromatic carbocycles. The van der Waals surface area contributed by atoms with Crippen LogP contribution in [0.1, 0.15) is 26.2 Å². The summed E-state index contributed by atoms with van der Waals surface area (Å²) in [6.45, 7) is 7.63. The van der Waals surface area contributed by atoms with Gasteiger partial charge in [0.1, 0.15) is 13.2 Å². The van der Waals surface area contributed by atoms with Gasteiger partial charge in [0.25, 0.3) is 0 Å². The van der Waals surface area contributed by atoms with Crippen molar-refractivity contribution in [2.75, 3.05) is 50.8 Å². The molecule has 3 heterocycles. The number of anilines is 1. The number of fused-ring (bicyclic) bond motifs is 1. The van der Waals surface area contributed by atoms with E-state index in [1.165, 1.54) is 25.9 Å². The van der Waals surface area contributed by atoms with E-state index in [0.717, 1.165) is 12.2 Å². The number of amides is 2. The van der Waals surface area contributed by atoms with E-state index in [1.807, 2.05) is 18.2 Å². The van der Waals surface area contributed by atoms with Gasteiger partial charge in [0.15, 0.2) is 11.5 Å². The fraction of sp³-hybridized carbons (Fsp3) is 0.619. The Morgan fingerprint density at radius 2 is 1.96 bits per heavy atom. The van der Waals surface area contributed by atoms with Crippen LogP contribution in [0.15, 0.2) is 18.2 Å². The Labute approximate surface area is 166 Å². The number of nitrogens with one attached hydrogen (secondary N) is 1. The van der Waals surface area contributed by atoms with Crippen LogP contribution in [0, 0.1) is 11.8 Å². The minimum atomic E-state index is -0.306. The predicted molar refractivity (Wildman–Crippen MR) is 106 cm³/mol. The lowest BCUT2D eigenvalue weighted by atomic mass is 10.1. The van der Waals surface area contributed by atoms with Gasteiger partial charge in [-0.15, -0.1) is 0 Å². The van der Waals surface area contributed by atoms with E-state index in [0.29, 0.717) is 43.7 Å². The molecule has 7 nitrogen and oxygen atoms in total. The highest BCUT2D eigenvalue weighted by Crippen LogP contribution is 2.36. The van der Waals surface area contributed by atoms with E-state index in [-0.39, 0.29) is 24.2 Å². The third kappa shape index (κ3) is 4.24. The van der Waals surface area contributed by atoms with Crippen molar-refractivity contribution >= 4 is 17.5 Å². The van der Waals surface area contributed by atoms with Crippen LogP contribution in [0.4, 0.5) is 5.69 Å². The molecule has 0 aromatic heterocycles. The summed E-state index contributed by atoms with van der Waals surface area (Å²) in [6.07, 6.45) is 2.80. The van der Waals surface area contributed by atoms with Crippen LogP contribution in [-0.2, 0) is 9.59 Å². The molecular weight excluding hydrogens is 358 g/mol. The van der Waals surface area contributed by atoms with E-state index < -0.39 is 0 Å². The Balaban J connectivity index is 1.30. The monoisotopic (exact) mass is 387 g/mol. The van der Waals surface area contributed by atoms with Crippen molar-refractivity contribution in [1.82, 2.24) is 10.2 Å². The van der Waals surface area contributed by atoms with Crippen LogP contribution in [-0.4, -0.2) is 62.7 Å². The second-order valence-electron chi connectivity index (χ2n) is 8.09. The summed E-state index contributed by atoms with van der Waals surface area (Å²) in [4.78, 5) is 29.2. The first-order chi connectivity index (χ1) is 13.6. The van der Waals surface area contributed by atoms with Gasteiger partial charge in [0.2, 0.25) is 11.8 Å². The zero-order valence-corrected chi connectivity index (χ0v) is 16.5. The maximum atomic E-state index is 12.6. The van der Waals surface area contributed by atoms with E-state index in [2.05, 4.69) is 17.1 Å². The van der Waals surface area contributed by atoms with Crippen molar-refractivity contribution in [1.29, 1.82) is 0 Å². The largest absolute Gasteiger partial charge is 0.486 e. The summed E-state index contributed by atoms with van der Waals surface area (Å²) < 4.78 is 11.1. The van der Waals surface area contributed by atoms with Gasteiger partial charge in [-0.25, -0.2) is 0 Å². The summed E-state index contributed by atoms with van der Waals surface area (Å²) in [5.41, 5.74) is 0.756.